The summed E-state index contributed by atoms with van der Waals surface area (Å²) in [4.78, 5) is 29.1. The first-order chi connectivity index (χ1) is 13.7. The quantitative estimate of drug-likeness (QED) is 0.572. The molecular weight excluding hydrogens is 372 g/mol. The summed E-state index contributed by atoms with van der Waals surface area (Å²) >= 11 is 1.41. The fraction of sp³-hybridized carbons (Fsp3) is 0.727. The van der Waals surface area contributed by atoms with Gasteiger partial charge in [0.15, 0.2) is 0 Å². The molecule has 0 aromatic carbocycles. The Hall–Kier alpha value is -1.40. The summed E-state index contributed by atoms with van der Waals surface area (Å²) in [6.45, 7) is 1.37. The lowest BCUT2D eigenvalue weighted by atomic mass is 9.69. The van der Waals surface area contributed by atoms with Crippen molar-refractivity contribution >= 4 is 23.2 Å². The zero-order valence-corrected chi connectivity index (χ0v) is 17.4. The first-order valence-electron chi connectivity index (χ1n) is 11.0. The molecular formula is C22H32N2O3S. The van der Waals surface area contributed by atoms with Gasteiger partial charge in [0.1, 0.15) is 0 Å². The number of hydrogen-bond donors (Lipinski definition) is 2. The molecule has 1 aromatic heterocycles. The minimum absolute atomic E-state index is 0.197. The van der Waals surface area contributed by atoms with E-state index in [2.05, 4.69) is 4.90 Å². The van der Waals surface area contributed by atoms with Gasteiger partial charge in [-0.1, -0.05) is 38.5 Å². The monoisotopic (exact) mass is 404 g/mol. The van der Waals surface area contributed by atoms with Crippen LogP contribution < -0.4 is 5.48 Å². The second-order valence-corrected chi connectivity index (χ2v) is 9.97. The second-order valence-electron chi connectivity index (χ2n) is 8.83. The predicted octanol–water partition coefficient (Wildman–Crippen LogP) is 4.53. The molecule has 3 aliphatic rings. The molecule has 2 N–H and O–H groups in total. The van der Waals surface area contributed by atoms with E-state index in [9.17, 15) is 9.59 Å². The van der Waals surface area contributed by atoms with Crippen molar-refractivity contribution in [1.29, 1.82) is 0 Å². The van der Waals surface area contributed by atoms with Gasteiger partial charge >= 0.3 is 0 Å². The molecule has 154 valence electrons. The van der Waals surface area contributed by atoms with Gasteiger partial charge < -0.3 is 4.90 Å². The van der Waals surface area contributed by atoms with Gasteiger partial charge in [0, 0.05) is 17.3 Å². The molecule has 28 heavy (non-hydrogen) atoms. The van der Waals surface area contributed by atoms with E-state index in [-0.39, 0.29) is 5.92 Å². The molecule has 0 saturated heterocycles. The van der Waals surface area contributed by atoms with Crippen LogP contribution in [0.15, 0.2) is 6.07 Å². The third kappa shape index (κ3) is 4.13. The van der Waals surface area contributed by atoms with Crippen LogP contribution in [-0.2, 0) is 17.8 Å². The molecule has 0 unspecified atom stereocenters. The molecule has 2 heterocycles. The molecule has 2 saturated carbocycles. The van der Waals surface area contributed by atoms with Crippen molar-refractivity contribution in [1.82, 2.24) is 10.4 Å². The molecule has 1 aromatic rings. The van der Waals surface area contributed by atoms with Crippen molar-refractivity contribution in [3.05, 3.63) is 21.4 Å². The number of carbonyl (C=O) groups excluding carboxylic acids is 2. The highest BCUT2D eigenvalue weighted by Gasteiger charge is 2.39. The molecule has 0 atom stereocenters. The maximum atomic E-state index is 13.7. The van der Waals surface area contributed by atoms with Crippen LogP contribution in [0.2, 0.25) is 0 Å². The number of thiophene rings is 1. The number of hydrogen-bond acceptors (Lipinski definition) is 4. The molecule has 5 nitrogen and oxygen atoms in total. The van der Waals surface area contributed by atoms with Gasteiger partial charge in [0.25, 0.3) is 5.91 Å². The van der Waals surface area contributed by atoms with Gasteiger partial charge in [-0.15, -0.1) is 11.3 Å². The topological polar surface area (TPSA) is 69.6 Å². The molecule has 0 spiro atoms. The Kier molecular flexibility index (Phi) is 6.36. The van der Waals surface area contributed by atoms with E-state index in [4.69, 9.17) is 5.21 Å². The van der Waals surface area contributed by atoms with Crippen molar-refractivity contribution in [2.75, 3.05) is 6.54 Å². The lowest BCUT2D eigenvalue weighted by molar-refractivity contribution is -0.141. The Morgan fingerprint density at radius 3 is 2.21 bits per heavy atom. The Balaban J connectivity index is 1.51. The second kappa shape index (κ2) is 8.95. The van der Waals surface area contributed by atoms with Gasteiger partial charge in [-0.3, -0.25) is 14.8 Å². The maximum Gasteiger partial charge on any atom is 0.284 e. The van der Waals surface area contributed by atoms with Crippen molar-refractivity contribution in [2.24, 2.45) is 17.8 Å². The molecule has 2 amide bonds. The van der Waals surface area contributed by atoms with Gasteiger partial charge in [-0.05, 0) is 55.6 Å². The van der Waals surface area contributed by atoms with Crippen LogP contribution >= 0.6 is 11.3 Å². The molecule has 2 fully saturated rings. The highest BCUT2D eigenvalue weighted by molar-refractivity contribution is 7.14. The third-order valence-corrected chi connectivity index (χ3v) is 8.28. The normalized spacial score (nSPS) is 21.6. The predicted molar refractivity (Wildman–Crippen MR) is 109 cm³/mol. The lowest BCUT2D eigenvalue weighted by Gasteiger charge is -2.40. The van der Waals surface area contributed by atoms with Crippen molar-refractivity contribution in [3.63, 3.8) is 0 Å². The third-order valence-electron chi connectivity index (χ3n) is 7.12. The molecule has 2 aliphatic carbocycles. The zero-order chi connectivity index (χ0) is 19.5. The number of carbonyl (C=O) groups is 2. The number of nitrogens with one attached hydrogen (secondary N) is 1. The van der Waals surface area contributed by atoms with E-state index < -0.39 is 5.91 Å². The summed E-state index contributed by atoms with van der Waals surface area (Å²) in [5, 5.41) is 8.89. The van der Waals surface area contributed by atoms with Crippen molar-refractivity contribution in [3.8, 4) is 0 Å². The fourth-order valence-corrected chi connectivity index (χ4v) is 6.78. The van der Waals surface area contributed by atoms with Crippen LogP contribution in [0, 0.1) is 17.8 Å². The summed E-state index contributed by atoms with van der Waals surface area (Å²) in [7, 11) is 0. The fourth-order valence-electron chi connectivity index (χ4n) is 5.66. The van der Waals surface area contributed by atoms with E-state index in [1.165, 1.54) is 75.5 Å². The van der Waals surface area contributed by atoms with Crippen molar-refractivity contribution in [2.45, 2.75) is 77.2 Å². The molecule has 6 heteroatoms. The average Bonchev–Trinajstić information content (AvgIpc) is 3.18. The van der Waals surface area contributed by atoms with E-state index in [1.54, 1.807) is 5.48 Å². The van der Waals surface area contributed by atoms with Crippen molar-refractivity contribution < 1.29 is 14.8 Å². The molecule has 0 bridgehead atoms. The van der Waals surface area contributed by atoms with Crippen LogP contribution in [-0.4, -0.2) is 28.5 Å². The van der Waals surface area contributed by atoms with Crippen LogP contribution in [0.1, 0.15) is 84.3 Å². The Morgan fingerprint density at radius 1 is 1.04 bits per heavy atom. The summed E-state index contributed by atoms with van der Waals surface area (Å²) in [5.41, 5.74) is 2.87. The van der Waals surface area contributed by atoms with Gasteiger partial charge in [-0.25, -0.2) is 5.48 Å². The molecule has 1 aliphatic heterocycles. The van der Waals surface area contributed by atoms with E-state index in [0.29, 0.717) is 29.2 Å². The Labute approximate surface area is 171 Å². The van der Waals surface area contributed by atoms with E-state index in [0.717, 1.165) is 23.4 Å². The largest absolute Gasteiger partial charge is 0.337 e. The van der Waals surface area contributed by atoms with Gasteiger partial charge in [0.2, 0.25) is 5.91 Å². The summed E-state index contributed by atoms with van der Waals surface area (Å²) < 4.78 is 0. The minimum Gasteiger partial charge on any atom is -0.337 e. The van der Waals surface area contributed by atoms with Crippen LogP contribution in [0.4, 0.5) is 0 Å². The maximum absolute atomic E-state index is 13.7. The Bertz CT molecular complexity index is 687. The first kappa shape index (κ1) is 19.9. The molecule has 0 radical (unpaired) electrons. The summed E-state index contributed by atoms with van der Waals surface area (Å²) in [6.07, 6.45) is 13.4. The number of nitrogens with zero attached hydrogens (tertiary/aromatic N) is 1. The van der Waals surface area contributed by atoms with Crippen LogP contribution in [0.5, 0.6) is 0 Å². The summed E-state index contributed by atoms with van der Waals surface area (Å²) in [5.74, 6) is 1.22. The standard InChI is InChI=1S/C22H32N2O3S/c25-21(23-27)18-13-17-11-12-24(14-19(17)28-18)22(26)20(15-7-3-1-4-8-15)16-9-5-2-6-10-16/h13,15-16,20,27H,1-12,14H2,(H,23,25). The minimum atomic E-state index is -0.459. The highest BCUT2D eigenvalue weighted by atomic mass is 32.1. The number of amides is 2. The van der Waals surface area contributed by atoms with Crippen LogP contribution in [0.25, 0.3) is 0 Å². The number of rotatable bonds is 4. The lowest BCUT2D eigenvalue weighted by Crippen LogP contribution is -2.45. The van der Waals surface area contributed by atoms with Gasteiger partial charge in [-0.2, -0.15) is 0 Å². The SMILES string of the molecule is O=C(NO)c1cc2c(s1)CN(C(=O)C(C1CCCCC1)C1CCCCC1)CC2. The zero-order valence-electron chi connectivity index (χ0n) is 16.6. The smallest absolute Gasteiger partial charge is 0.284 e. The van der Waals surface area contributed by atoms with Crippen LogP contribution in [0.3, 0.4) is 0 Å². The first-order valence-corrected chi connectivity index (χ1v) is 11.8. The average molecular weight is 405 g/mol. The Morgan fingerprint density at radius 2 is 1.64 bits per heavy atom. The van der Waals surface area contributed by atoms with Gasteiger partial charge in [0.05, 0.1) is 11.4 Å². The van der Waals surface area contributed by atoms with E-state index in [1.807, 2.05) is 6.07 Å². The molecule has 4 rings (SSSR count). The van der Waals surface area contributed by atoms with E-state index >= 15 is 0 Å². The number of fused-ring (bicyclic) bond motifs is 1. The summed E-state index contributed by atoms with van der Waals surface area (Å²) in [6, 6.07) is 1.87. The number of hydroxylamine groups is 1. The highest BCUT2D eigenvalue weighted by Crippen LogP contribution is 2.41.